The quantitative estimate of drug-likeness (QED) is 0.407. The van der Waals surface area contributed by atoms with Crippen LogP contribution in [0.15, 0.2) is 88.8 Å². The number of aromatic nitrogens is 4. The van der Waals surface area contributed by atoms with E-state index in [9.17, 15) is 4.79 Å². The van der Waals surface area contributed by atoms with Gasteiger partial charge in [0.2, 0.25) is 11.1 Å². The smallest absolute Gasteiger partial charge is 0.234 e. The van der Waals surface area contributed by atoms with Crippen LogP contribution in [0.5, 0.6) is 0 Å². The molecular formula is C21H18BrN5OS. The molecule has 0 aliphatic carbocycles. The van der Waals surface area contributed by atoms with Crippen LogP contribution in [0.1, 0.15) is 11.4 Å². The second-order valence-corrected chi connectivity index (χ2v) is 8.14. The Kier molecular flexibility index (Phi) is 6.12. The van der Waals surface area contributed by atoms with Crippen LogP contribution >= 0.6 is 27.7 Å². The first-order chi connectivity index (χ1) is 14.2. The first kappa shape index (κ1) is 19.5. The average molecular weight is 468 g/mol. The summed E-state index contributed by atoms with van der Waals surface area (Å²) in [4.78, 5) is 12.4. The summed E-state index contributed by atoms with van der Waals surface area (Å²) in [7, 11) is 0. The molecule has 2 aromatic carbocycles. The Morgan fingerprint density at radius 2 is 1.79 bits per heavy atom. The summed E-state index contributed by atoms with van der Waals surface area (Å²) in [5.74, 6) is 0.944. The molecule has 146 valence electrons. The first-order valence-corrected chi connectivity index (χ1v) is 10.8. The molecule has 6 nitrogen and oxygen atoms in total. The molecule has 0 aliphatic rings. The van der Waals surface area contributed by atoms with E-state index >= 15 is 0 Å². The normalized spacial score (nSPS) is 10.8. The zero-order valence-corrected chi connectivity index (χ0v) is 17.8. The standard InChI is InChI=1S/C21H18BrN5OS/c22-17-9-6-10-18(14-17)23-20(28)15-29-21-25-24-19(13-16-7-2-1-3-8-16)27(21)26-11-4-5-12-26/h1-12,14H,13,15H2,(H,23,28). The zero-order valence-electron chi connectivity index (χ0n) is 15.4. The maximum Gasteiger partial charge on any atom is 0.234 e. The number of carbonyl (C=O) groups is 1. The van der Waals surface area contributed by atoms with Gasteiger partial charge in [0.25, 0.3) is 0 Å². The minimum atomic E-state index is -0.0974. The SMILES string of the molecule is O=C(CSc1nnc(Cc2ccccc2)n1-n1cccc1)Nc1cccc(Br)c1. The fourth-order valence-corrected chi connectivity index (χ4v) is 4.01. The molecule has 0 unspecified atom stereocenters. The van der Waals surface area contributed by atoms with Gasteiger partial charge in [0.15, 0.2) is 5.82 Å². The Bertz CT molecular complexity index is 1100. The molecule has 8 heteroatoms. The second kappa shape index (κ2) is 9.11. The lowest BCUT2D eigenvalue weighted by Crippen LogP contribution is -2.16. The van der Waals surface area contributed by atoms with Gasteiger partial charge >= 0.3 is 0 Å². The maximum absolute atomic E-state index is 12.4. The highest BCUT2D eigenvalue weighted by molar-refractivity contribution is 9.10. The number of nitrogens with one attached hydrogen (secondary N) is 1. The summed E-state index contributed by atoms with van der Waals surface area (Å²) < 4.78 is 4.78. The molecule has 0 fully saturated rings. The Morgan fingerprint density at radius 3 is 2.55 bits per heavy atom. The van der Waals surface area contributed by atoms with Gasteiger partial charge in [0, 0.05) is 29.0 Å². The summed E-state index contributed by atoms with van der Waals surface area (Å²) in [6.07, 6.45) is 4.52. The Labute approximate surface area is 181 Å². The molecule has 4 rings (SSSR count). The van der Waals surface area contributed by atoms with Crippen molar-refractivity contribution in [2.45, 2.75) is 11.6 Å². The van der Waals surface area contributed by atoms with Crippen LogP contribution in [0.4, 0.5) is 5.69 Å². The van der Waals surface area contributed by atoms with Crippen molar-refractivity contribution < 1.29 is 4.79 Å². The molecule has 0 atom stereocenters. The molecule has 0 saturated heterocycles. The van der Waals surface area contributed by atoms with Crippen molar-refractivity contribution in [3.63, 3.8) is 0 Å². The van der Waals surface area contributed by atoms with Crippen LogP contribution in [-0.4, -0.2) is 31.2 Å². The number of carbonyl (C=O) groups excluding carboxylic acids is 1. The number of halogens is 1. The van der Waals surface area contributed by atoms with Crippen LogP contribution in [-0.2, 0) is 11.2 Å². The lowest BCUT2D eigenvalue weighted by molar-refractivity contribution is -0.113. The van der Waals surface area contributed by atoms with Crippen LogP contribution < -0.4 is 5.32 Å². The van der Waals surface area contributed by atoms with Gasteiger partial charge in [0.05, 0.1) is 5.75 Å². The number of benzene rings is 2. The molecular weight excluding hydrogens is 450 g/mol. The minimum absolute atomic E-state index is 0.0974. The third-order valence-corrected chi connectivity index (χ3v) is 5.55. The maximum atomic E-state index is 12.4. The van der Waals surface area contributed by atoms with Gasteiger partial charge in [-0.05, 0) is 35.9 Å². The lowest BCUT2D eigenvalue weighted by Gasteiger charge is -2.11. The molecule has 0 saturated carbocycles. The van der Waals surface area contributed by atoms with E-state index in [0.717, 1.165) is 21.5 Å². The molecule has 0 aliphatic heterocycles. The Hall–Kier alpha value is -2.84. The van der Waals surface area contributed by atoms with Crippen molar-refractivity contribution in [2.75, 3.05) is 11.1 Å². The Morgan fingerprint density at radius 1 is 1.00 bits per heavy atom. The number of anilines is 1. The zero-order chi connectivity index (χ0) is 20.1. The highest BCUT2D eigenvalue weighted by atomic mass is 79.9. The van der Waals surface area contributed by atoms with Gasteiger partial charge in [-0.3, -0.25) is 9.47 Å². The summed E-state index contributed by atoms with van der Waals surface area (Å²) in [6.45, 7) is 0. The van der Waals surface area contributed by atoms with Crippen LogP contribution in [0, 0.1) is 0 Å². The molecule has 0 spiro atoms. The van der Waals surface area contributed by atoms with Crippen LogP contribution in [0.3, 0.4) is 0 Å². The van der Waals surface area contributed by atoms with E-state index < -0.39 is 0 Å². The van der Waals surface area contributed by atoms with Crippen LogP contribution in [0.2, 0.25) is 0 Å². The molecule has 4 aromatic rings. The lowest BCUT2D eigenvalue weighted by atomic mass is 10.1. The number of hydrogen-bond acceptors (Lipinski definition) is 4. The topological polar surface area (TPSA) is 64.7 Å². The number of hydrogen-bond donors (Lipinski definition) is 1. The van der Waals surface area contributed by atoms with Crippen LogP contribution in [0.25, 0.3) is 0 Å². The van der Waals surface area contributed by atoms with E-state index in [0.29, 0.717) is 11.6 Å². The van der Waals surface area contributed by atoms with Crippen molar-refractivity contribution in [3.8, 4) is 0 Å². The highest BCUT2D eigenvalue weighted by Crippen LogP contribution is 2.21. The average Bonchev–Trinajstić information content (AvgIpc) is 3.37. The van der Waals surface area contributed by atoms with Gasteiger partial charge in [-0.15, -0.1) is 10.2 Å². The fourth-order valence-electron chi connectivity index (χ4n) is 2.86. The molecule has 2 aromatic heterocycles. The summed E-state index contributed by atoms with van der Waals surface area (Å²) in [5.41, 5.74) is 1.90. The van der Waals surface area contributed by atoms with E-state index in [-0.39, 0.29) is 11.7 Å². The van der Waals surface area contributed by atoms with Crippen molar-refractivity contribution in [1.29, 1.82) is 0 Å². The number of rotatable bonds is 7. The molecule has 1 amide bonds. The third kappa shape index (κ3) is 4.96. The van der Waals surface area contributed by atoms with Gasteiger partial charge in [-0.1, -0.05) is 64.1 Å². The van der Waals surface area contributed by atoms with Gasteiger partial charge in [-0.2, -0.15) is 0 Å². The van der Waals surface area contributed by atoms with E-state index in [1.165, 1.54) is 11.8 Å². The second-order valence-electron chi connectivity index (χ2n) is 6.28. The van der Waals surface area contributed by atoms with Crippen molar-refractivity contribution in [3.05, 3.63) is 95.0 Å². The molecule has 1 N–H and O–H groups in total. The summed E-state index contributed by atoms with van der Waals surface area (Å²) >= 11 is 4.76. The van der Waals surface area contributed by atoms with Crippen molar-refractivity contribution >= 4 is 39.3 Å². The van der Waals surface area contributed by atoms with E-state index in [1.807, 2.05) is 76.3 Å². The molecule has 2 heterocycles. The first-order valence-electron chi connectivity index (χ1n) is 8.99. The fraction of sp³-hybridized carbons (Fsp3) is 0.0952. The van der Waals surface area contributed by atoms with Gasteiger partial charge in [-0.25, -0.2) is 4.68 Å². The monoisotopic (exact) mass is 467 g/mol. The summed E-state index contributed by atoms with van der Waals surface area (Å²) in [5, 5.41) is 12.3. The molecule has 0 bridgehead atoms. The van der Waals surface area contributed by atoms with Crippen molar-refractivity contribution in [2.24, 2.45) is 0 Å². The predicted molar refractivity (Wildman–Crippen MR) is 118 cm³/mol. The predicted octanol–water partition coefficient (Wildman–Crippen LogP) is 4.48. The van der Waals surface area contributed by atoms with E-state index in [2.05, 4.69) is 43.6 Å². The molecule has 29 heavy (non-hydrogen) atoms. The van der Waals surface area contributed by atoms with Gasteiger partial charge < -0.3 is 5.32 Å². The van der Waals surface area contributed by atoms with Crippen molar-refractivity contribution in [1.82, 2.24) is 19.5 Å². The largest absolute Gasteiger partial charge is 0.325 e. The molecule has 0 radical (unpaired) electrons. The number of nitrogens with zero attached hydrogens (tertiary/aromatic N) is 4. The minimum Gasteiger partial charge on any atom is -0.325 e. The van der Waals surface area contributed by atoms with E-state index in [1.54, 1.807) is 0 Å². The summed E-state index contributed by atoms with van der Waals surface area (Å²) in [6, 6.07) is 21.5. The highest BCUT2D eigenvalue weighted by Gasteiger charge is 2.16. The number of amides is 1. The Balaban J connectivity index is 1.50. The van der Waals surface area contributed by atoms with Gasteiger partial charge in [0.1, 0.15) is 0 Å². The third-order valence-electron chi connectivity index (χ3n) is 4.14. The number of thioether (sulfide) groups is 1. The van der Waals surface area contributed by atoms with E-state index in [4.69, 9.17) is 0 Å².